The summed E-state index contributed by atoms with van der Waals surface area (Å²) in [4.78, 5) is 18.4. The van der Waals surface area contributed by atoms with Crippen LogP contribution in [0.2, 0.25) is 0 Å². The molecule has 0 radical (unpaired) electrons. The number of nitrogens with one attached hydrogen (secondary N) is 1. The summed E-state index contributed by atoms with van der Waals surface area (Å²) < 4.78 is 16.0. The van der Waals surface area contributed by atoms with Gasteiger partial charge in [0.15, 0.2) is 11.5 Å². The molecule has 1 unspecified atom stereocenters. The average Bonchev–Trinajstić information content (AvgIpc) is 2.82. The Morgan fingerprint density at radius 1 is 1.09 bits per heavy atom. The number of carbonyl (C=O) groups is 1. The van der Waals surface area contributed by atoms with Crippen molar-refractivity contribution in [1.82, 2.24) is 10.3 Å². The van der Waals surface area contributed by atoms with Gasteiger partial charge in [0.2, 0.25) is 0 Å². The van der Waals surface area contributed by atoms with Crippen LogP contribution in [-0.4, -0.2) is 44.9 Å². The van der Waals surface area contributed by atoms with Crippen molar-refractivity contribution in [2.45, 2.75) is 32.2 Å². The van der Waals surface area contributed by atoms with Crippen molar-refractivity contribution in [3.63, 3.8) is 0 Å². The van der Waals surface area contributed by atoms with E-state index in [4.69, 9.17) is 19.2 Å². The lowest BCUT2D eigenvalue weighted by Gasteiger charge is -2.24. The smallest absolute Gasteiger partial charge is 0.252 e. The Morgan fingerprint density at radius 2 is 1.88 bits per heavy atom. The highest BCUT2D eigenvalue weighted by atomic mass is 16.5. The van der Waals surface area contributed by atoms with Crippen LogP contribution in [0.15, 0.2) is 42.5 Å². The molecule has 3 aromatic rings. The van der Waals surface area contributed by atoms with E-state index in [1.165, 1.54) is 0 Å². The third-order valence-electron chi connectivity index (χ3n) is 5.94. The molecule has 0 saturated carbocycles. The lowest BCUT2D eigenvalue weighted by molar-refractivity contribution is 0.0906. The summed E-state index contributed by atoms with van der Waals surface area (Å²) in [5.74, 6) is 1.29. The van der Waals surface area contributed by atoms with Gasteiger partial charge in [0.05, 0.1) is 37.6 Å². The zero-order valence-corrected chi connectivity index (χ0v) is 19.6. The summed E-state index contributed by atoms with van der Waals surface area (Å²) in [5, 5.41) is 3.97. The first-order valence-corrected chi connectivity index (χ1v) is 11.2. The highest BCUT2D eigenvalue weighted by molar-refractivity contribution is 6.09. The summed E-state index contributed by atoms with van der Waals surface area (Å²) in [6.07, 6.45) is 4.81. The topological polar surface area (TPSA) is 69.7 Å². The van der Waals surface area contributed by atoms with E-state index in [0.717, 1.165) is 58.1 Å². The van der Waals surface area contributed by atoms with Gasteiger partial charge >= 0.3 is 0 Å². The van der Waals surface area contributed by atoms with Gasteiger partial charge in [0, 0.05) is 18.5 Å². The number of hydrogen-bond donors (Lipinski definition) is 1. The van der Waals surface area contributed by atoms with Crippen molar-refractivity contribution >= 4 is 28.5 Å². The minimum Gasteiger partial charge on any atom is -0.493 e. The first-order valence-electron chi connectivity index (χ1n) is 11.2. The predicted octanol–water partition coefficient (Wildman–Crippen LogP) is 4.89. The zero-order valence-electron chi connectivity index (χ0n) is 19.6. The van der Waals surface area contributed by atoms with Crippen LogP contribution in [0.25, 0.3) is 22.6 Å². The van der Waals surface area contributed by atoms with Crippen molar-refractivity contribution in [2.24, 2.45) is 0 Å². The molecule has 2 aromatic carbocycles. The van der Waals surface area contributed by atoms with Gasteiger partial charge in [-0.2, -0.15) is 0 Å². The van der Waals surface area contributed by atoms with Crippen LogP contribution in [0.3, 0.4) is 0 Å². The molecule has 4 rings (SSSR count). The molecule has 1 aromatic heterocycles. The monoisotopic (exact) mass is 446 g/mol. The standard InChI is InChI=1S/C27H30N2O4/c1-17(16-31-2)28-27(30)25-20-9-5-6-11-22(20)29-26-19(8-7-10-21(25)26)14-18-12-13-23(32-3)24(15-18)33-4/h5-6,9,11-15,17H,7-8,10,16H2,1-4H3,(H,28,30)/b19-14+. The number of amides is 1. The third-order valence-corrected chi connectivity index (χ3v) is 5.94. The van der Waals surface area contributed by atoms with Crippen molar-refractivity contribution in [1.29, 1.82) is 0 Å². The number of nitrogens with zero attached hydrogens (tertiary/aromatic N) is 1. The Morgan fingerprint density at radius 3 is 2.64 bits per heavy atom. The fourth-order valence-corrected chi connectivity index (χ4v) is 4.47. The van der Waals surface area contributed by atoms with Gasteiger partial charge in [-0.15, -0.1) is 0 Å². The molecule has 0 spiro atoms. The highest BCUT2D eigenvalue weighted by Crippen LogP contribution is 2.37. The molecule has 1 heterocycles. The van der Waals surface area contributed by atoms with E-state index in [1.54, 1.807) is 21.3 Å². The maximum Gasteiger partial charge on any atom is 0.252 e. The van der Waals surface area contributed by atoms with Crippen LogP contribution in [-0.2, 0) is 11.2 Å². The van der Waals surface area contributed by atoms with E-state index >= 15 is 0 Å². The maximum atomic E-state index is 13.4. The molecular weight excluding hydrogens is 416 g/mol. The number of ether oxygens (including phenoxy) is 3. The second-order valence-corrected chi connectivity index (χ2v) is 8.30. The molecule has 0 bridgehead atoms. The molecule has 172 valence electrons. The largest absolute Gasteiger partial charge is 0.493 e. The number of fused-ring (bicyclic) bond motifs is 2. The van der Waals surface area contributed by atoms with Crippen molar-refractivity contribution in [3.8, 4) is 11.5 Å². The molecule has 1 amide bonds. The van der Waals surface area contributed by atoms with E-state index in [9.17, 15) is 4.79 Å². The first kappa shape index (κ1) is 22.8. The summed E-state index contributed by atoms with van der Waals surface area (Å²) in [5.41, 5.74) is 5.57. The minimum absolute atomic E-state index is 0.0817. The Bertz CT molecular complexity index is 1200. The Hall–Kier alpha value is -3.38. The number of para-hydroxylation sites is 1. The molecule has 6 nitrogen and oxygen atoms in total. The Balaban J connectivity index is 1.83. The van der Waals surface area contributed by atoms with E-state index in [1.807, 2.05) is 49.4 Å². The van der Waals surface area contributed by atoms with Crippen LogP contribution in [0.5, 0.6) is 11.5 Å². The number of benzene rings is 2. The molecule has 1 atom stereocenters. The molecule has 1 N–H and O–H groups in total. The number of allylic oxidation sites excluding steroid dienone is 1. The third kappa shape index (κ3) is 4.71. The molecular formula is C27H30N2O4. The van der Waals surface area contributed by atoms with Crippen molar-refractivity contribution < 1.29 is 19.0 Å². The fraction of sp³-hybridized carbons (Fsp3) is 0.333. The van der Waals surface area contributed by atoms with Gasteiger partial charge in [-0.05, 0) is 67.2 Å². The van der Waals surface area contributed by atoms with Gasteiger partial charge in [-0.25, -0.2) is 4.98 Å². The summed E-state index contributed by atoms with van der Waals surface area (Å²) in [6.45, 7) is 2.40. The molecule has 1 aliphatic carbocycles. The Kier molecular flexibility index (Phi) is 6.94. The quantitative estimate of drug-likeness (QED) is 0.559. The van der Waals surface area contributed by atoms with Crippen LogP contribution < -0.4 is 14.8 Å². The molecule has 0 fully saturated rings. The molecule has 0 saturated heterocycles. The van der Waals surface area contributed by atoms with E-state index in [0.29, 0.717) is 18.1 Å². The van der Waals surface area contributed by atoms with Gasteiger partial charge in [0.1, 0.15) is 0 Å². The lowest BCUT2D eigenvalue weighted by Crippen LogP contribution is -2.36. The van der Waals surface area contributed by atoms with Gasteiger partial charge in [0.25, 0.3) is 5.91 Å². The van der Waals surface area contributed by atoms with Crippen LogP contribution in [0.4, 0.5) is 0 Å². The normalized spacial score (nSPS) is 15.2. The summed E-state index contributed by atoms with van der Waals surface area (Å²) in [7, 11) is 4.90. The average molecular weight is 447 g/mol. The second-order valence-electron chi connectivity index (χ2n) is 8.30. The maximum absolute atomic E-state index is 13.4. The number of hydrogen-bond acceptors (Lipinski definition) is 5. The second kappa shape index (κ2) is 10.0. The van der Waals surface area contributed by atoms with E-state index in [2.05, 4.69) is 11.4 Å². The van der Waals surface area contributed by atoms with Crippen molar-refractivity contribution in [3.05, 3.63) is 64.8 Å². The summed E-state index contributed by atoms with van der Waals surface area (Å²) in [6, 6.07) is 13.6. The van der Waals surface area contributed by atoms with E-state index < -0.39 is 0 Å². The Labute approximate surface area is 194 Å². The molecule has 6 heteroatoms. The number of rotatable bonds is 7. The molecule has 1 aliphatic rings. The van der Waals surface area contributed by atoms with E-state index in [-0.39, 0.29) is 11.9 Å². The predicted molar refractivity (Wildman–Crippen MR) is 131 cm³/mol. The number of pyridine rings is 1. The highest BCUT2D eigenvalue weighted by Gasteiger charge is 2.25. The fourth-order valence-electron chi connectivity index (χ4n) is 4.47. The van der Waals surface area contributed by atoms with Crippen molar-refractivity contribution in [2.75, 3.05) is 27.9 Å². The number of aromatic nitrogens is 1. The van der Waals surface area contributed by atoms with Gasteiger partial charge in [-0.3, -0.25) is 4.79 Å². The molecule has 0 aliphatic heterocycles. The zero-order chi connectivity index (χ0) is 23.4. The number of methoxy groups -OCH3 is 3. The van der Waals surface area contributed by atoms with Crippen LogP contribution >= 0.6 is 0 Å². The van der Waals surface area contributed by atoms with Crippen LogP contribution in [0, 0.1) is 0 Å². The number of carbonyl (C=O) groups excluding carboxylic acids is 1. The minimum atomic E-state index is -0.0876. The van der Waals surface area contributed by atoms with Gasteiger partial charge in [-0.1, -0.05) is 24.3 Å². The first-order chi connectivity index (χ1) is 16.0. The summed E-state index contributed by atoms with van der Waals surface area (Å²) >= 11 is 0. The SMILES string of the molecule is COCC(C)NC(=O)c1c2c(nc3ccccc13)/C(=C/c1ccc(OC)c(OC)c1)CCC2. The van der Waals surface area contributed by atoms with Crippen LogP contribution in [0.1, 0.15) is 46.9 Å². The molecule has 33 heavy (non-hydrogen) atoms. The van der Waals surface area contributed by atoms with Gasteiger partial charge < -0.3 is 19.5 Å². The lowest BCUT2D eigenvalue weighted by atomic mass is 9.85.